The maximum atomic E-state index is 11.2. The van der Waals surface area contributed by atoms with Crippen molar-refractivity contribution in [3.05, 3.63) is 29.3 Å². The molecule has 0 atom stereocenters. The van der Waals surface area contributed by atoms with E-state index >= 15 is 0 Å². The number of carbonyl (C=O) groups is 2. The van der Waals surface area contributed by atoms with Crippen LogP contribution in [-0.4, -0.2) is 17.6 Å². The van der Waals surface area contributed by atoms with Gasteiger partial charge in [0.1, 0.15) is 0 Å². The van der Waals surface area contributed by atoms with Crippen LogP contribution in [0.3, 0.4) is 0 Å². The van der Waals surface area contributed by atoms with Crippen LogP contribution in [0.4, 0.5) is 5.69 Å². The second-order valence-corrected chi connectivity index (χ2v) is 4.29. The molecule has 0 bridgehead atoms. The molecule has 0 fully saturated rings. The van der Waals surface area contributed by atoms with Gasteiger partial charge in [0.15, 0.2) is 0 Å². The van der Waals surface area contributed by atoms with Crippen LogP contribution in [0.5, 0.6) is 0 Å². The molecule has 0 unspecified atom stereocenters. The van der Waals surface area contributed by atoms with Gasteiger partial charge in [0, 0.05) is 18.7 Å². The third-order valence-electron chi connectivity index (χ3n) is 2.70. The van der Waals surface area contributed by atoms with Gasteiger partial charge in [-0.25, -0.2) is 0 Å². The zero-order valence-corrected chi connectivity index (χ0v) is 10.2. The van der Waals surface area contributed by atoms with Gasteiger partial charge in [0.05, 0.1) is 5.75 Å². The molecule has 4 nitrogen and oxygen atoms in total. The third-order valence-corrected chi connectivity index (χ3v) is 2.99. The normalized spacial score (nSPS) is 13.8. The van der Waals surface area contributed by atoms with Gasteiger partial charge in [0.25, 0.3) is 0 Å². The summed E-state index contributed by atoms with van der Waals surface area (Å²) in [6.07, 6.45) is 1.29. The second-order valence-electron chi connectivity index (χ2n) is 3.97. The summed E-state index contributed by atoms with van der Waals surface area (Å²) in [4.78, 5) is 22.3. The summed E-state index contributed by atoms with van der Waals surface area (Å²) in [5.41, 5.74) is 3.04. The van der Waals surface area contributed by atoms with Gasteiger partial charge < -0.3 is 10.6 Å². The Morgan fingerprint density at radius 3 is 3.00 bits per heavy atom. The van der Waals surface area contributed by atoms with Gasteiger partial charge in [-0.1, -0.05) is 12.1 Å². The smallest absolute Gasteiger partial charge is 0.229 e. The average Bonchev–Trinajstić information content (AvgIpc) is 2.35. The number of anilines is 1. The maximum Gasteiger partial charge on any atom is 0.229 e. The highest BCUT2D eigenvalue weighted by Gasteiger charge is 2.14. The summed E-state index contributed by atoms with van der Waals surface area (Å²) in [7, 11) is 0. The Morgan fingerprint density at radius 2 is 2.24 bits per heavy atom. The molecule has 2 amide bonds. The number of hydrogen-bond acceptors (Lipinski definition) is 3. The van der Waals surface area contributed by atoms with E-state index in [-0.39, 0.29) is 17.6 Å². The molecule has 17 heavy (non-hydrogen) atoms. The summed E-state index contributed by atoms with van der Waals surface area (Å²) in [5.74, 6) is 0.175. The van der Waals surface area contributed by atoms with Crippen molar-refractivity contribution in [3.8, 4) is 0 Å². The average molecular weight is 250 g/mol. The lowest BCUT2D eigenvalue weighted by molar-refractivity contribution is -0.118. The van der Waals surface area contributed by atoms with E-state index in [9.17, 15) is 9.59 Å². The number of benzene rings is 1. The first-order valence-corrected chi connectivity index (χ1v) is 6.11. The number of hydrogen-bond donors (Lipinski definition) is 3. The van der Waals surface area contributed by atoms with Crippen molar-refractivity contribution in [2.45, 2.75) is 19.4 Å². The highest BCUT2D eigenvalue weighted by atomic mass is 32.1. The fourth-order valence-corrected chi connectivity index (χ4v) is 1.92. The Morgan fingerprint density at radius 1 is 1.41 bits per heavy atom. The van der Waals surface area contributed by atoms with Gasteiger partial charge in [0.2, 0.25) is 11.8 Å². The third kappa shape index (κ3) is 3.00. The Hall–Kier alpha value is -1.49. The van der Waals surface area contributed by atoms with Gasteiger partial charge in [-0.15, -0.1) is 0 Å². The molecule has 1 heterocycles. The Labute approximate surface area is 105 Å². The summed E-state index contributed by atoms with van der Waals surface area (Å²) in [5, 5.41) is 5.59. The van der Waals surface area contributed by atoms with Crippen molar-refractivity contribution < 1.29 is 9.59 Å². The van der Waals surface area contributed by atoms with E-state index in [0.29, 0.717) is 13.0 Å². The van der Waals surface area contributed by atoms with Crippen LogP contribution in [0, 0.1) is 0 Å². The molecule has 0 saturated carbocycles. The van der Waals surface area contributed by atoms with Gasteiger partial charge in [-0.05, 0) is 23.6 Å². The maximum absolute atomic E-state index is 11.2. The molecule has 1 aromatic carbocycles. The zero-order chi connectivity index (χ0) is 12.3. The molecule has 1 aliphatic rings. The number of fused-ring (bicyclic) bond motifs is 1. The number of amides is 2. The molecule has 1 aromatic rings. The topological polar surface area (TPSA) is 58.2 Å². The monoisotopic (exact) mass is 250 g/mol. The Bertz CT molecular complexity index is 460. The van der Waals surface area contributed by atoms with Crippen LogP contribution < -0.4 is 10.6 Å². The molecule has 2 rings (SSSR count). The lowest BCUT2D eigenvalue weighted by Gasteiger charge is -2.17. The predicted octanol–water partition coefficient (Wildman–Crippen LogP) is 1.12. The zero-order valence-electron chi connectivity index (χ0n) is 9.32. The summed E-state index contributed by atoms with van der Waals surface area (Å²) >= 11 is 3.89. The van der Waals surface area contributed by atoms with E-state index in [2.05, 4.69) is 23.3 Å². The van der Waals surface area contributed by atoms with Crippen LogP contribution in [0.15, 0.2) is 18.2 Å². The molecule has 5 heteroatoms. The number of nitrogens with one attached hydrogen (secondary N) is 2. The minimum absolute atomic E-state index is 0.0635. The number of aryl methyl sites for hydroxylation is 1. The van der Waals surface area contributed by atoms with Gasteiger partial charge in [-0.2, -0.15) is 12.6 Å². The Balaban J connectivity index is 2.06. The van der Waals surface area contributed by atoms with Crippen molar-refractivity contribution in [1.29, 1.82) is 0 Å². The molecular weight excluding hydrogens is 236 g/mol. The predicted molar refractivity (Wildman–Crippen MR) is 69.1 cm³/mol. The van der Waals surface area contributed by atoms with Crippen molar-refractivity contribution in [1.82, 2.24) is 5.32 Å². The first kappa shape index (κ1) is 12.0. The molecule has 1 aliphatic heterocycles. The van der Waals surface area contributed by atoms with Gasteiger partial charge in [-0.3, -0.25) is 9.59 Å². The first-order chi connectivity index (χ1) is 8.19. The fourth-order valence-electron chi connectivity index (χ4n) is 1.80. The van der Waals surface area contributed by atoms with Crippen molar-refractivity contribution >= 4 is 30.1 Å². The molecule has 90 valence electrons. The lowest BCUT2D eigenvalue weighted by atomic mass is 10.0. The second kappa shape index (κ2) is 5.23. The van der Waals surface area contributed by atoms with E-state index in [0.717, 1.165) is 23.2 Å². The first-order valence-electron chi connectivity index (χ1n) is 5.48. The van der Waals surface area contributed by atoms with Crippen LogP contribution in [0.2, 0.25) is 0 Å². The fraction of sp³-hybridized carbons (Fsp3) is 0.333. The van der Waals surface area contributed by atoms with Crippen molar-refractivity contribution in [2.75, 3.05) is 11.1 Å². The molecule has 0 saturated heterocycles. The molecular formula is C12H14N2O2S. The Kier molecular flexibility index (Phi) is 3.68. The SMILES string of the molecule is O=C(CS)NCc1ccc2c(c1)CCC(=O)N2. The summed E-state index contributed by atoms with van der Waals surface area (Å²) in [6, 6.07) is 5.81. The van der Waals surface area contributed by atoms with E-state index in [1.807, 2.05) is 18.2 Å². The molecule has 0 spiro atoms. The minimum Gasteiger partial charge on any atom is -0.351 e. The van der Waals surface area contributed by atoms with Crippen molar-refractivity contribution in [3.63, 3.8) is 0 Å². The van der Waals surface area contributed by atoms with E-state index < -0.39 is 0 Å². The largest absolute Gasteiger partial charge is 0.351 e. The van der Waals surface area contributed by atoms with E-state index in [4.69, 9.17) is 0 Å². The van der Waals surface area contributed by atoms with Crippen LogP contribution >= 0.6 is 12.6 Å². The number of rotatable bonds is 3. The highest BCUT2D eigenvalue weighted by Crippen LogP contribution is 2.23. The highest BCUT2D eigenvalue weighted by molar-refractivity contribution is 7.81. The number of carbonyl (C=O) groups excluding carboxylic acids is 2. The minimum atomic E-state index is -0.0839. The molecule has 0 aromatic heterocycles. The molecule has 0 aliphatic carbocycles. The quantitative estimate of drug-likeness (QED) is 0.704. The summed E-state index contributed by atoms with van der Waals surface area (Å²) in [6.45, 7) is 0.501. The lowest BCUT2D eigenvalue weighted by Crippen LogP contribution is -2.24. The molecule has 2 N–H and O–H groups in total. The van der Waals surface area contributed by atoms with Crippen molar-refractivity contribution in [2.24, 2.45) is 0 Å². The van der Waals surface area contributed by atoms with Crippen LogP contribution in [0.25, 0.3) is 0 Å². The van der Waals surface area contributed by atoms with E-state index in [1.165, 1.54) is 0 Å². The molecule has 0 radical (unpaired) electrons. The summed E-state index contributed by atoms with van der Waals surface area (Å²) < 4.78 is 0. The van der Waals surface area contributed by atoms with Crippen LogP contribution in [-0.2, 0) is 22.6 Å². The van der Waals surface area contributed by atoms with Crippen LogP contribution in [0.1, 0.15) is 17.5 Å². The van der Waals surface area contributed by atoms with Gasteiger partial charge >= 0.3 is 0 Å². The number of thiol groups is 1. The van der Waals surface area contributed by atoms with E-state index in [1.54, 1.807) is 0 Å². The standard InChI is InChI=1S/C12H14N2O2S/c15-11-4-2-9-5-8(1-3-10(9)14-11)6-13-12(16)7-17/h1,3,5,17H,2,4,6-7H2,(H,13,16)(H,14,15).